The van der Waals surface area contributed by atoms with Gasteiger partial charge in [0, 0.05) is 23.6 Å². The number of nitrogens with one attached hydrogen (secondary N) is 2. The molecule has 3 atom stereocenters. The average Bonchev–Trinajstić information content (AvgIpc) is 3.36. The van der Waals surface area contributed by atoms with Gasteiger partial charge in [0.1, 0.15) is 17.2 Å². The molecular formula is C29H28F8N2O5S. The predicted octanol–water partition coefficient (Wildman–Crippen LogP) is 4.51. The molecule has 16 heteroatoms. The number of fused-ring (bicyclic) bond motifs is 3. The fourth-order valence-electron chi connectivity index (χ4n) is 7.13. The molecule has 2 fully saturated rings. The summed E-state index contributed by atoms with van der Waals surface area (Å²) in [7, 11) is -4.56. The molecule has 0 aliphatic heterocycles. The van der Waals surface area contributed by atoms with Gasteiger partial charge in [-0.25, -0.2) is 17.2 Å². The van der Waals surface area contributed by atoms with Crippen LogP contribution in [0.3, 0.4) is 0 Å². The lowest BCUT2D eigenvalue weighted by Crippen LogP contribution is -2.56. The van der Waals surface area contributed by atoms with Crippen LogP contribution in [0.5, 0.6) is 0 Å². The Morgan fingerprint density at radius 3 is 2.07 bits per heavy atom. The fourth-order valence-corrected chi connectivity index (χ4v) is 9.60. The molecule has 45 heavy (non-hydrogen) atoms. The zero-order chi connectivity index (χ0) is 33.2. The van der Waals surface area contributed by atoms with Gasteiger partial charge in [0.15, 0.2) is 9.84 Å². The van der Waals surface area contributed by atoms with Gasteiger partial charge in [-0.05, 0) is 79.8 Å². The van der Waals surface area contributed by atoms with Crippen LogP contribution in [0.15, 0.2) is 47.4 Å². The van der Waals surface area contributed by atoms with E-state index in [2.05, 4.69) is 10.6 Å². The van der Waals surface area contributed by atoms with Gasteiger partial charge < -0.3 is 15.7 Å². The number of aryl methyl sites for hydroxylation is 1. The third kappa shape index (κ3) is 5.26. The molecule has 2 aromatic rings. The number of hydrogen-bond acceptors (Lipinski definition) is 5. The Hall–Kier alpha value is -3.27. The maximum absolute atomic E-state index is 15.0. The predicted molar refractivity (Wildman–Crippen MR) is 141 cm³/mol. The van der Waals surface area contributed by atoms with E-state index >= 15 is 0 Å². The van der Waals surface area contributed by atoms with Crippen LogP contribution in [0.4, 0.5) is 35.1 Å². The lowest BCUT2D eigenvalue weighted by Gasteiger charge is -2.43. The van der Waals surface area contributed by atoms with Gasteiger partial charge in [-0.15, -0.1) is 0 Å². The summed E-state index contributed by atoms with van der Waals surface area (Å²) in [6.45, 7) is -0.705. The minimum Gasteiger partial charge on any atom is -0.387 e. The summed E-state index contributed by atoms with van der Waals surface area (Å²) < 4.78 is 137. The van der Waals surface area contributed by atoms with Crippen LogP contribution in [0, 0.1) is 17.7 Å². The van der Waals surface area contributed by atoms with Crippen molar-refractivity contribution < 1.29 is 58.2 Å². The fraction of sp³-hybridized carbons (Fsp3) is 0.517. The molecule has 0 radical (unpaired) electrons. The molecule has 5 rings (SSSR count). The molecule has 7 nitrogen and oxygen atoms in total. The highest BCUT2D eigenvalue weighted by molar-refractivity contribution is 7.92. The molecule has 0 heterocycles. The molecule has 0 unspecified atom stereocenters. The summed E-state index contributed by atoms with van der Waals surface area (Å²) in [6, 6.07) is 4.54. The Balaban J connectivity index is 1.54. The number of amides is 2. The molecule has 246 valence electrons. The van der Waals surface area contributed by atoms with Gasteiger partial charge in [0.05, 0.1) is 4.90 Å². The van der Waals surface area contributed by atoms with Crippen molar-refractivity contribution in [2.75, 3.05) is 6.61 Å². The summed E-state index contributed by atoms with van der Waals surface area (Å²) in [5.74, 6) is -3.75. The van der Waals surface area contributed by atoms with Crippen LogP contribution in [0.1, 0.15) is 48.8 Å². The number of halogens is 8. The van der Waals surface area contributed by atoms with Gasteiger partial charge in [0.25, 0.3) is 0 Å². The summed E-state index contributed by atoms with van der Waals surface area (Å²) in [5, 5.41) is 14.3. The Kier molecular flexibility index (Phi) is 8.25. The summed E-state index contributed by atoms with van der Waals surface area (Å²) in [6.07, 6.45) is -12.6. The van der Waals surface area contributed by atoms with Gasteiger partial charge in [-0.1, -0.05) is 18.2 Å². The Bertz CT molecular complexity index is 1580. The lowest BCUT2D eigenvalue weighted by molar-refractivity contribution is -0.348. The molecule has 2 saturated carbocycles. The summed E-state index contributed by atoms with van der Waals surface area (Å²) >= 11 is 0. The molecule has 2 aromatic carbocycles. The van der Waals surface area contributed by atoms with E-state index < -0.39 is 74.2 Å². The monoisotopic (exact) mass is 668 g/mol. The maximum Gasteiger partial charge on any atom is 0.435 e. The van der Waals surface area contributed by atoms with Gasteiger partial charge in [0.2, 0.25) is 11.8 Å². The molecule has 0 saturated heterocycles. The van der Waals surface area contributed by atoms with Gasteiger partial charge in [-0.3, -0.25) is 9.59 Å². The van der Waals surface area contributed by atoms with Crippen molar-refractivity contribution in [1.29, 1.82) is 0 Å². The number of alkyl halides is 7. The van der Waals surface area contributed by atoms with Crippen molar-refractivity contribution in [2.45, 2.75) is 78.3 Å². The SMILES string of the molecule is O=C(CO)N[C@H]1C[C@H](NC(=O)[C@@H]2CC[C@@]3(S(=O)(=O)c4ccc(F)cc4)c4ccc(C(F)(C(F)(F)F)C(F)(F)F)cc4CC[C@@H]23)C1. The first-order valence-electron chi connectivity index (χ1n) is 14.0. The van der Waals surface area contributed by atoms with Crippen molar-refractivity contribution >= 4 is 21.7 Å². The quantitative estimate of drug-likeness (QED) is 0.297. The van der Waals surface area contributed by atoms with E-state index in [0.717, 1.165) is 30.3 Å². The Morgan fingerprint density at radius 2 is 1.49 bits per heavy atom. The number of sulfone groups is 1. The van der Waals surface area contributed by atoms with E-state index in [-0.39, 0.29) is 59.9 Å². The molecule has 3 aliphatic carbocycles. The zero-order valence-corrected chi connectivity index (χ0v) is 24.1. The summed E-state index contributed by atoms with van der Waals surface area (Å²) in [4.78, 5) is 24.5. The number of carbonyl (C=O) groups is 2. The van der Waals surface area contributed by atoms with Crippen molar-refractivity contribution in [1.82, 2.24) is 10.6 Å². The van der Waals surface area contributed by atoms with Gasteiger partial charge in [-0.2, -0.15) is 26.3 Å². The van der Waals surface area contributed by atoms with Crippen LogP contribution in [0.2, 0.25) is 0 Å². The zero-order valence-electron chi connectivity index (χ0n) is 23.3. The summed E-state index contributed by atoms with van der Waals surface area (Å²) in [5.41, 5.74) is -7.82. The van der Waals surface area contributed by atoms with Crippen LogP contribution in [-0.2, 0) is 36.3 Å². The first-order valence-corrected chi connectivity index (χ1v) is 15.5. The minimum absolute atomic E-state index is 0.00629. The van der Waals surface area contributed by atoms with E-state index in [1.54, 1.807) is 0 Å². The molecule has 2 amide bonds. The van der Waals surface area contributed by atoms with Crippen LogP contribution < -0.4 is 10.6 Å². The molecular weight excluding hydrogens is 640 g/mol. The molecule has 3 aliphatic rings. The van der Waals surface area contributed by atoms with E-state index in [9.17, 15) is 53.1 Å². The topological polar surface area (TPSA) is 113 Å². The van der Waals surface area contributed by atoms with Crippen LogP contribution in [-0.4, -0.2) is 56.4 Å². The first kappa shape index (κ1) is 33.1. The van der Waals surface area contributed by atoms with Crippen LogP contribution >= 0.6 is 0 Å². The smallest absolute Gasteiger partial charge is 0.387 e. The largest absolute Gasteiger partial charge is 0.435 e. The van der Waals surface area contributed by atoms with E-state index in [1.165, 1.54) is 0 Å². The number of rotatable bonds is 7. The van der Waals surface area contributed by atoms with E-state index in [4.69, 9.17) is 5.11 Å². The average molecular weight is 669 g/mol. The number of benzene rings is 2. The van der Waals surface area contributed by atoms with Gasteiger partial charge >= 0.3 is 18.0 Å². The number of aliphatic hydroxyl groups is 1. The standard InChI is InChI=1S/C29H28F8N2O5S/c30-17-3-5-20(6-4-17)45(43,44)26-10-9-21(25(42)39-19-12-18(13-19)38-24(41)14-40)23(26)7-1-15-11-16(2-8-22(15)26)27(31,28(32,33)34)29(35,36)37/h2-6,8,11,18-19,21,23,40H,1,7,9-10,12-14H2,(H,38,41)(H,39,42)/t18-,19-,21-,23+,26-/m1/s1. The lowest BCUT2D eigenvalue weighted by atomic mass is 9.72. The van der Waals surface area contributed by atoms with E-state index in [1.807, 2.05) is 0 Å². The molecule has 0 spiro atoms. The highest BCUT2D eigenvalue weighted by Crippen LogP contribution is 2.60. The number of hydrogen-bond donors (Lipinski definition) is 3. The van der Waals surface area contributed by atoms with Crippen molar-refractivity contribution in [3.63, 3.8) is 0 Å². The second-order valence-electron chi connectivity index (χ2n) is 11.8. The molecule has 0 bridgehead atoms. The third-order valence-corrected chi connectivity index (χ3v) is 11.9. The number of carbonyl (C=O) groups excluding carboxylic acids is 2. The highest BCUT2D eigenvalue weighted by Gasteiger charge is 2.74. The number of aliphatic hydroxyl groups excluding tert-OH is 1. The highest BCUT2D eigenvalue weighted by atomic mass is 32.2. The van der Waals surface area contributed by atoms with Crippen molar-refractivity contribution in [3.8, 4) is 0 Å². The van der Waals surface area contributed by atoms with Crippen molar-refractivity contribution in [2.24, 2.45) is 11.8 Å². The molecule has 0 aromatic heterocycles. The van der Waals surface area contributed by atoms with E-state index in [0.29, 0.717) is 18.9 Å². The Labute approximate surface area is 252 Å². The van der Waals surface area contributed by atoms with Crippen LogP contribution in [0.25, 0.3) is 0 Å². The second-order valence-corrected chi connectivity index (χ2v) is 14.0. The normalized spacial score (nSPS) is 26.8. The first-order chi connectivity index (χ1) is 20.9. The minimum atomic E-state index is -6.37. The maximum atomic E-state index is 15.0. The van der Waals surface area contributed by atoms with Crippen molar-refractivity contribution in [3.05, 3.63) is 65.0 Å². The second kappa shape index (κ2) is 11.2. The third-order valence-electron chi connectivity index (χ3n) is 9.31. The molecule has 3 N–H and O–H groups in total. The Morgan fingerprint density at radius 1 is 0.889 bits per heavy atom.